The summed E-state index contributed by atoms with van der Waals surface area (Å²) < 4.78 is 7.82. The molecular weight excluding hydrogens is 280 g/mol. The highest BCUT2D eigenvalue weighted by Crippen LogP contribution is 2.33. The number of anilines is 1. The SMILES string of the molecule is Cc1cc(C#N)nc(NC[C@@H]2CCO[C@H]2c2nccn2C)n1. The van der Waals surface area contributed by atoms with Gasteiger partial charge in [-0.15, -0.1) is 0 Å². The predicted molar refractivity (Wildman–Crippen MR) is 80.0 cm³/mol. The maximum Gasteiger partial charge on any atom is 0.224 e. The van der Waals surface area contributed by atoms with Gasteiger partial charge in [-0.25, -0.2) is 15.0 Å². The molecule has 0 saturated carbocycles. The van der Waals surface area contributed by atoms with Crippen molar-refractivity contribution in [2.75, 3.05) is 18.5 Å². The van der Waals surface area contributed by atoms with Crippen LogP contribution in [0.3, 0.4) is 0 Å². The third-order valence-corrected chi connectivity index (χ3v) is 3.82. The molecule has 0 aromatic carbocycles. The van der Waals surface area contributed by atoms with Gasteiger partial charge in [-0.05, 0) is 19.4 Å². The molecule has 1 aliphatic heterocycles. The highest BCUT2D eigenvalue weighted by Gasteiger charge is 2.32. The minimum Gasteiger partial charge on any atom is -0.370 e. The summed E-state index contributed by atoms with van der Waals surface area (Å²) in [7, 11) is 1.97. The van der Waals surface area contributed by atoms with Crippen molar-refractivity contribution in [3.8, 4) is 6.07 Å². The van der Waals surface area contributed by atoms with E-state index in [4.69, 9.17) is 10.00 Å². The van der Waals surface area contributed by atoms with Gasteiger partial charge in [0.25, 0.3) is 0 Å². The maximum absolute atomic E-state index is 8.96. The second-order valence-electron chi connectivity index (χ2n) is 5.45. The summed E-state index contributed by atoms with van der Waals surface area (Å²) in [5.41, 5.74) is 1.15. The van der Waals surface area contributed by atoms with Crippen molar-refractivity contribution in [2.24, 2.45) is 13.0 Å². The van der Waals surface area contributed by atoms with Crippen molar-refractivity contribution >= 4 is 5.95 Å². The van der Waals surface area contributed by atoms with Crippen molar-refractivity contribution in [2.45, 2.75) is 19.4 Å². The first-order chi connectivity index (χ1) is 10.7. The van der Waals surface area contributed by atoms with Crippen LogP contribution in [0.5, 0.6) is 0 Å². The summed E-state index contributed by atoms with van der Waals surface area (Å²) in [6.07, 6.45) is 4.64. The summed E-state index contributed by atoms with van der Waals surface area (Å²) in [6.45, 7) is 3.26. The van der Waals surface area contributed by atoms with E-state index in [-0.39, 0.29) is 6.10 Å². The summed E-state index contributed by atoms with van der Waals surface area (Å²) in [6, 6.07) is 3.71. The van der Waals surface area contributed by atoms with Gasteiger partial charge in [-0.1, -0.05) is 0 Å². The van der Waals surface area contributed by atoms with E-state index < -0.39 is 0 Å². The Labute approximate surface area is 129 Å². The average Bonchev–Trinajstić information content (AvgIpc) is 3.12. The van der Waals surface area contributed by atoms with Crippen molar-refractivity contribution in [1.29, 1.82) is 5.26 Å². The maximum atomic E-state index is 8.96. The first-order valence-corrected chi connectivity index (χ1v) is 7.26. The Kier molecular flexibility index (Phi) is 4.02. The molecular formula is C15H18N6O. The number of nitrogens with zero attached hydrogens (tertiary/aromatic N) is 5. The molecule has 2 aromatic heterocycles. The molecule has 3 rings (SSSR count). The number of imidazole rings is 1. The van der Waals surface area contributed by atoms with Gasteiger partial charge in [0.15, 0.2) is 0 Å². The topological polar surface area (TPSA) is 88.6 Å². The van der Waals surface area contributed by atoms with Crippen LogP contribution in [0.15, 0.2) is 18.5 Å². The Morgan fingerprint density at radius 1 is 1.50 bits per heavy atom. The lowest BCUT2D eigenvalue weighted by Crippen LogP contribution is -2.21. The van der Waals surface area contributed by atoms with E-state index in [1.165, 1.54) is 0 Å². The Bertz CT molecular complexity index is 704. The van der Waals surface area contributed by atoms with E-state index in [1.54, 1.807) is 12.3 Å². The summed E-state index contributed by atoms with van der Waals surface area (Å²) in [5.74, 6) is 1.73. The third-order valence-electron chi connectivity index (χ3n) is 3.82. The zero-order valence-electron chi connectivity index (χ0n) is 12.7. The van der Waals surface area contributed by atoms with E-state index in [0.717, 1.165) is 24.5 Å². The van der Waals surface area contributed by atoms with Crippen LogP contribution in [0.1, 0.15) is 29.7 Å². The second-order valence-corrected chi connectivity index (χ2v) is 5.45. The number of nitrogens with one attached hydrogen (secondary N) is 1. The molecule has 3 heterocycles. The van der Waals surface area contributed by atoms with Gasteiger partial charge in [0.2, 0.25) is 5.95 Å². The number of aromatic nitrogens is 4. The number of aryl methyl sites for hydroxylation is 2. The Hall–Kier alpha value is -2.46. The second kappa shape index (κ2) is 6.12. The van der Waals surface area contributed by atoms with Crippen LogP contribution < -0.4 is 5.32 Å². The summed E-state index contributed by atoms with van der Waals surface area (Å²) >= 11 is 0. The molecule has 7 nitrogen and oxygen atoms in total. The van der Waals surface area contributed by atoms with Crippen LogP contribution in [0.4, 0.5) is 5.95 Å². The first-order valence-electron chi connectivity index (χ1n) is 7.26. The zero-order chi connectivity index (χ0) is 15.5. The van der Waals surface area contributed by atoms with E-state index in [9.17, 15) is 0 Å². The average molecular weight is 298 g/mol. The van der Waals surface area contributed by atoms with Gasteiger partial charge in [0.1, 0.15) is 23.7 Å². The standard InChI is InChI=1S/C15H18N6O/c1-10-7-12(8-16)20-15(19-10)18-9-11-3-6-22-13(11)14-17-4-5-21(14)2/h4-5,7,11,13H,3,6,9H2,1-2H3,(H,18,19,20)/t11-,13+/m0/s1. The molecule has 0 unspecified atom stereocenters. The van der Waals surface area contributed by atoms with Crippen molar-refractivity contribution in [3.63, 3.8) is 0 Å². The third kappa shape index (κ3) is 2.92. The number of hydrogen-bond acceptors (Lipinski definition) is 6. The van der Waals surface area contributed by atoms with E-state index >= 15 is 0 Å². The molecule has 1 aliphatic rings. The molecule has 0 bridgehead atoms. The quantitative estimate of drug-likeness (QED) is 0.922. The van der Waals surface area contributed by atoms with Crippen LogP contribution in [0, 0.1) is 24.2 Å². The predicted octanol–water partition coefficient (Wildman–Crippen LogP) is 1.58. The molecule has 0 radical (unpaired) electrons. The molecule has 1 N–H and O–H groups in total. The molecule has 0 amide bonds. The molecule has 1 saturated heterocycles. The van der Waals surface area contributed by atoms with Gasteiger partial charge >= 0.3 is 0 Å². The van der Waals surface area contributed by atoms with Crippen molar-refractivity contribution in [1.82, 2.24) is 19.5 Å². The molecule has 0 aliphatic carbocycles. The minimum atomic E-state index is -0.0206. The van der Waals surface area contributed by atoms with Gasteiger partial charge < -0.3 is 14.6 Å². The minimum absolute atomic E-state index is 0.0206. The van der Waals surface area contributed by atoms with E-state index in [1.807, 2.05) is 30.8 Å². The molecule has 114 valence electrons. The monoisotopic (exact) mass is 298 g/mol. The smallest absolute Gasteiger partial charge is 0.224 e. The van der Waals surface area contributed by atoms with E-state index in [2.05, 4.69) is 20.3 Å². The molecule has 22 heavy (non-hydrogen) atoms. The highest BCUT2D eigenvalue weighted by atomic mass is 16.5. The van der Waals surface area contributed by atoms with Crippen molar-refractivity contribution < 1.29 is 4.74 Å². The van der Waals surface area contributed by atoms with Crippen LogP contribution in [0.2, 0.25) is 0 Å². The Morgan fingerprint density at radius 3 is 3.09 bits per heavy atom. The lowest BCUT2D eigenvalue weighted by molar-refractivity contribution is 0.0839. The van der Waals surface area contributed by atoms with Gasteiger partial charge in [-0.3, -0.25) is 0 Å². The Balaban J connectivity index is 1.70. The van der Waals surface area contributed by atoms with Crippen LogP contribution in [-0.2, 0) is 11.8 Å². The fraction of sp³-hybridized carbons (Fsp3) is 0.467. The lowest BCUT2D eigenvalue weighted by Gasteiger charge is -2.18. The number of hydrogen-bond donors (Lipinski definition) is 1. The fourth-order valence-corrected chi connectivity index (χ4v) is 2.71. The Morgan fingerprint density at radius 2 is 2.36 bits per heavy atom. The zero-order valence-corrected chi connectivity index (χ0v) is 12.7. The molecule has 2 atom stereocenters. The number of ether oxygens (including phenoxy) is 1. The molecule has 7 heteroatoms. The van der Waals surface area contributed by atoms with Crippen LogP contribution >= 0.6 is 0 Å². The molecule has 2 aromatic rings. The largest absolute Gasteiger partial charge is 0.370 e. The van der Waals surface area contributed by atoms with E-state index in [0.29, 0.717) is 24.1 Å². The summed E-state index contributed by atoms with van der Waals surface area (Å²) in [4.78, 5) is 12.9. The lowest BCUT2D eigenvalue weighted by atomic mass is 10.0. The van der Waals surface area contributed by atoms with Gasteiger partial charge in [-0.2, -0.15) is 5.26 Å². The molecule has 1 fully saturated rings. The summed E-state index contributed by atoms with van der Waals surface area (Å²) in [5, 5.41) is 12.2. The highest BCUT2D eigenvalue weighted by molar-refractivity contribution is 5.33. The number of rotatable bonds is 4. The van der Waals surface area contributed by atoms with Gasteiger partial charge in [0, 0.05) is 44.2 Å². The van der Waals surface area contributed by atoms with Crippen LogP contribution in [0.25, 0.3) is 0 Å². The molecule has 0 spiro atoms. The first kappa shape index (κ1) is 14.5. The normalized spacial score (nSPS) is 20.8. The fourth-order valence-electron chi connectivity index (χ4n) is 2.71. The number of nitriles is 1. The van der Waals surface area contributed by atoms with Gasteiger partial charge in [0.05, 0.1) is 0 Å². The van der Waals surface area contributed by atoms with Crippen molar-refractivity contribution in [3.05, 3.63) is 35.7 Å². The van der Waals surface area contributed by atoms with Crippen LogP contribution in [-0.4, -0.2) is 32.7 Å².